The van der Waals surface area contributed by atoms with Gasteiger partial charge in [0, 0.05) is 18.6 Å². The number of nitrogens with one attached hydrogen (secondary N) is 1. The third kappa shape index (κ3) is 2.86. The molecule has 0 radical (unpaired) electrons. The molecule has 0 saturated heterocycles. The van der Waals surface area contributed by atoms with Crippen molar-refractivity contribution in [3.05, 3.63) is 48.0 Å². The summed E-state index contributed by atoms with van der Waals surface area (Å²) < 4.78 is 26.6. The smallest absolute Gasteiger partial charge is 0.263 e. The van der Waals surface area contributed by atoms with Gasteiger partial charge in [-0.25, -0.2) is 13.4 Å². The molecule has 0 spiro atoms. The molecule has 6 nitrogen and oxygen atoms in total. The van der Waals surface area contributed by atoms with Crippen molar-refractivity contribution in [1.29, 1.82) is 5.26 Å². The molecule has 0 atom stereocenters. The summed E-state index contributed by atoms with van der Waals surface area (Å²) in [7, 11) is -3.71. The number of nitriles is 1. The lowest BCUT2D eigenvalue weighted by Crippen LogP contribution is -2.14. The molecule has 2 rings (SSSR count). The number of anilines is 1. The van der Waals surface area contributed by atoms with E-state index in [2.05, 4.69) is 14.7 Å². The average Bonchev–Trinajstić information content (AvgIpc) is 2.41. The van der Waals surface area contributed by atoms with E-state index in [1.165, 1.54) is 18.3 Å². The van der Waals surface area contributed by atoms with Gasteiger partial charge in [-0.05, 0) is 30.7 Å². The van der Waals surface area contributed by atoms with Gasteiger partial charge in [-0.2, -0.15) is 5.26 Å². The highest BCUT2D eigenvalue weighted by molar-refractivity contribution is 7.92. The molecule has 7 heteroatoms. The van der Waals surface area contributed by atoms with Crippen LogP contribution in [0.3, 0.4) is 0 Å². The fourth-order valence-electron chi connectivity index (χ4n) is 1.40. The van der Waals surface area contributed by atoms with Crippen LogP contribution in [0, 0.1) is 18.3 Å². The van der Waals surface area contributed by atoms with Crippen LogP contribution in [0.2, 0.25) is 0 Å². The van der Waals surface area contributed by atoms with Gasteiger partial charge in [0.05, 0.1) is 5.69 Å². The van der Waals surface area contributed by atoms with Crippen molar-refractivity contribution in [1.82, 2.24) is 9.97 Å². The van der Waals surface area contributed by atoms with Crippen molar-refractivity contribution >= 4 is 15.7 Å². The molecule has 0 bridgehead atoms. The molecule has 0 amide bonds. The molecule has 2 aromatic heterocycles. The quantitative estimate of drug-likeness (QED) is 0.914. The van der Waals surface area contributed by atoms with E-state index in [1.807, 2.05) is 6.07 Å². The Morgan fingerprint density at radius 2 is 2.05 bits per heavy atom. The number of hydrogen-bond donors (Lipinski definition) is 1. The summed E-state index contributed by atoms with van der Waals surface area (Å²) in [5, 5.41) is 8.62. The first-order valence-electron chi connectivity index (χ1n) is 5.32. The van der Waals surface area contributed by atoms with E-state index in [9.17, 15) is 8.42 Å². The van der Waals surface area contributed by atoms with E-state index in [0.29, 0.717) is 11.3 Å². The number of aryl methyl sites for hydroxylation is 1. The van der Waals surface area contributed by atoms with Crippen LogP contribution < -0.4 is 4.72 Å². The maximum atomic E-state index is 12.1. The van der Waals surface area contributed by atoms with Crippen LogP contribution in [0.15, 0.2) is 41.7 Å². The van der Waals surface area contributed by atoms with Gasteiger partial charge < -0.3 is 0 Å². The van der Waals surface area contributed by atoms with Gasteiger partial charge in [-0.1, -0.05) is 0 Å². The second kappa shape index (κ2) is 5.04. The SMILES string of the molecule is Cc1cnccc1NS(=O)(=O)c1ccc(C#N)nc1. The van der Waals surface area contributed by atoms with Gasteiger partial charge in [-0.3, -0.25) is 9.71 Å². The largest absolute Gasteiger partial charge is 0.279 e. The zero-order valence-corrected chi connectivity index (χ0v) is 10.8. The third-order valence-corrected chi connectivity index (χ3v) is 3.78. The van der Waals surface area contributed by atoms with E-state index in [0.717, 1.165) is 6.20 Å². The minimum Gasteiger partial charge on any atom is -0.279 e. The van der Waals surface area contributed by atoms with Crippen LogP contribution in [-0.4, -0.2) is 18.4 Å². The molecule has 0 aliphatic rings. The van der Waals surface area contributed by atoms with Crippen LogP contribution in [0.5, 0.6) is 0 Å². The van der Waals surface area contributed by atoms with E-state index >= 15 is 0 Å². The maximum Gasteiger partial charge on any atom is 0.263 e. The van der Waals surface area contributed by atoms with Crippen LogP contribution in [0.4, 0.5) is 5.69 Å². The van der Waals surface area contributed by atoms with Crippen molar-refractivity contribution in [3.63, 3.8) is 0 Å². The molecule has 0 fully saturated rings. The van der Waals surface area contributed by atoms with Crippen LogP contribution in [0.25, 0.3) is 0 Å². The first-order chi connectivity index (χ1) is 9.03. The second-order valence-corrected chi connectivity index (χ2v) is 5.47. The monoisotopic (exact) mass is 274 g/mol. The lowest BCUT2D eigenvalue weighted by atomic mass is 10.3. The number of hydrogen-bond acceptors (Lipinski definition) is 5. The van der Waals surface area contributed by atoms with Gasteiger partial charge >= 0.3 is 0 Å². The standard InChI is InChI=1S/C12H10N4O2S/c1-9-7-14-5-4-12(9)16-19(17,18)11-3-2-10(6-13)15-8-11/h2-5,7-8H,1H3,(H,14,16). The van der Waals surface area contributed by atoms with Crippen LogP contribution >= 0.6 is 0 Å². The second-order valence-electron chi connectivity index (χ2n) is 3.79. The van der Waals surface area contributed by atoms with Gasteiger partial charge in [-0.15, -0.1) is 0 Å². The predicted molar refractivity (Wildman–Crippen MR) is 68.7 cm³/mol. The van der Waals surface area contributed by atoms with Crippen molar-refractivity contribution in [2.24, 2.45) is 0 Å². The average molecular weight is 274 g/mol. The van der Waals surface area contributed by atoms with Crippen molar-refractivity contribution in [2.75, 3.05) is 4.72 Å². The molecule has 0 saturated carbocycles. The molecular formula is C12H10N4O2S. The zero-order valence-electron chi connectivity index (χ0n) is 10.0. The summed E-state index contributed by atoms with van der Waals surface area (Å²) in [4.78, 5) is 7.62. The molecule has 19 heavy (non-hydrogen) atoms. The van der Waals surface area contributed by atoms with Crippen molar-refractivity contribution in [2.45, 2.75) is 11.8 Å². The van der Waals surface area contributed by atoms with Gasteiger partial charge in [0.1, 0.15) is 16.7 Å². The topological polar surface area (TPSA) is 95.7 Å². The Labute approximate surface area is 110 Å². The van der Waals surface area contributed by atoms with Gasteiger partial charge in [0.15, 0.2) is 0 Å². The van der Waals surface area contributed by atoms with E-state index < -0.39 is 10.0 Å². The van der Waals surface area contributed by atoms with Crippen molar-refractivity contribution < 1.29 is 8.42 Å². The van der Waals surface area contributed by atoms with Crippen LogP contribution in [-0.2, 0) is 10.0 Å². The Morgan fingerprint density at radius 1 is 1.26 bits per heavy atom. The van der Waals surface area contributed by atoms with E-state index in [4.69, 9.17) is 5.26 Å². The molecule has 1 N–H and O–H groups in total. The summed E-state index contributed by atoms with van der Waals surface area (Å²) in [5.74, 6) is 0. The number of rotatable bonds is 3. The normalized spacial score (nSPS) is 10.7. The predicted octanol–water partition coefficient (Wildman–Crippen LogP) is 1.46. The highest BCUT2D eigenvalue weighted by Gasteiger charge is 2.15. The molecule has 2 heterocycles. The minimum absolute atomic E-state index is 0.00251. The first kappa shape index (κ1) is 13.0. The fraction of sp³-hybridized carbons (Fsp3) is 0.0833. The van der Waals surface area contributed by atoms with E-state index in [1.54, 1.807) is 19.2 Å². The fourth-order valence-corrected chi connectivity index (χ4v) is 2.47. The van der Waals surface area contributed by atoms with Gasteiger partial charge in [0.2, 0.25) is 0 Å². The molecule has 0 aliphatic carbocycles. The lowest BCUT2D eigenvalue weighted by molar-refractivity contribution is 0.600. The molecule has 0 aromatic carbocycles. The zero-order chi connectivity index (χ0) is 13.9. The highest BCUT2D eigenvalue weighted by Crippen LogP contribution is 2.17. The highest BCUT2D eigenvalue weighted by atomic mass is 32.2. The Balaban J connectivity index is 2.33. The molecule has 2 aromatic rings. The summed E-state index contributed by atoms with van der Waals surface area (Å²) in [6, 6.07) is 6.10. The molecule has 0 unspecified atom stereocenters. The Kier molecular flexibility index (Phi) is 3.44. The maximum absolute atomic E-state index is 12.1. The summed E-state index contributed by atoms with van der Waals surface area (Å²) in [5.41, 5.74) is 1.34. The molecular weight excluding hydrogens is 264 g/mol. The molecule has 0 aliphatic heterocycles. The van der Waals surface area contributed by atoms with Crippen LogP contribution in [0.1, 0.15) is 11.3 Å². The van der Waals surface area contributed by atoms with Gasteiger partial charge in [0.25, 0.3) is 10.0 Å². The van der Waals surface area contributed by atoms with Crippen molar-refractivity contribution in [3.8, 4) is 6.07 Å². The number of aromatic nitrogens is 2. The lowest BCUT2D eigenvalue weighted by Gasteiger charge is -2.09. The number of sulfonamides is 1. The first-order valence-corrected chi connectivity index (χ1v) is 6.81. The van der Waals surface area contributed by atoms with E-state index in [-0.39, 0.29) is 10.6 Å². The number of pyridine rings is 2. The summed E-state index contributed by atoms with van der Waals surface area (Å²) >= 11 is 0. The number of nitrogens with zero attached hydrogens (tertiary/aromatic N) is 3. The summed E-state index contributed by atoms with van der Waals surface area (Å²) in [6.45, 7) is 1.75. The summed E-state index contributed by atoms with van der Waals surface area (Å²) in [6.07, 6.45) is 4.22. The third-order valence-electron chi connectivity index (χ3n) is 2.43. The minimum atomic E-state index is -3.71. The Bertz CT molecular complexity index is 733. The Morgan fingerprint density at radius 3 is 2.63 bits per heavy atom. The molecule has 96 valence electrons. The Hall–Kier alpha value is -2.46.